The van der Waals surface area contributed by atoms with E-state index < -0.39 is 28.5 Å². The van der Waals surface area contributed by atoms with E-state index in [1.165, 1.54) is 29.2 Å². The van der Waals surface area contributed by atoms with Crippen molar-refractivity contribution in [2.75, 3.05) is 17.4 Å². The number of carbonyl (C=O) groups is 2. The lowest BCUT2D eigenvalue weighted by Crippen LogP contribution is -2.52. The predicted octanol–water partition coefficient (Wildman–Crippen LogP) is 6.09. The SMILES string of the molecule is CCNC(=O)[C@H](CC)N(Cc1ccc(Cl)cc1)C(=O)CN(c1cccc(Cl)c1Cl)S(=O)(=O)c1ccc(C)cc1. The van der Waals surface area contributed by atoms with Crippen molar-refractivity contribution in [1.29, 1.82) is 0 Å². The Morgan fingerprint density at radius 2 is 1.56 bits per heavy atom. The fraction of sp³-hybridized carbons (Fsp3) is 0.286. The van der Waals surface area contributed by atoms with Crippen LogP contribution in [0.1, 0.15) is 31.4 Å². The van der Waals surface area contributed by atoms with Crippen LogP contribution in [0.4, 0.5) is 5.69 Å². The Bertz CT molecular complexity index is 1410. The second-order valence-electron chi connectivity index (χ2n) is 8.86. The molecule has 208 valence electrons. The quantitative estimate of drug-likeness (QED) is 0.285. The number of amides is 2. The van der Waals surface area contributed by atoms with Crippen LogP contribution in [-0.2, 0) is 26.2 Å². The molecule has 0 saturated carbocycles. The lowest BCUT2D eigenvalue weighted by atomic mass is 10.1. The van der Waals surface area contributed by atoms with Crippen LogP contribution in [0, 0.1) is 6.92 Å². The highest BCUT2D eigenvalue weighted by atomic mass is 35.5. The van der Waals surface area contributed by atoms with E-state index in [9.17, 15) is 18.0 Å². The fourth-order valence-electron chi connectivity index (χ4n) is 4.03. The number of carbonyl (C=O) groups excluding carboxylic acids is 2. The number of nitrogens with one attached hydrogen (secondary N) is 1. The smallest absolute Gasteiger partial charge is 0.264 e. The number of likely N-dealkylation sites (N-methyl/N-ethyl adjacent to an activating group) is 1. The number of nitrogens with zero attached hydrogens (tertiary/aromatic N) is 2. The van der Waals surface area contributed by atoms with Crippen LogP contribution >= 0.6 is 34.8 Å². The van der Waals surface area contributed by atoms with Crippen LogP contribution in [0.3, 0.4) is 0 Å². The molecule has 1 N–H and O–H groups in total. The number of sulfonamides is 1. The second-order valence-corrected chi connectivity index (χ2v) is 11.9. The Hall–Kier alpha value is -2.78. The Labute approximate surface area is 244 Å². The second kappa shape index (κ2) is 13.5. The third-order valence-electron chi connectivity index (χ3n) is 6.09. The lowest BCUT2D eigenvalue weighted by molar-refractivity contribution is -0.140. The Balaban J connectivity index is 2.10. The molecular weight excluding hydrogens is 581 g/mol. The van der Waals surface area contributed by atoms with Gasteiger partial charge in [0.05, 0.1) is 20.6 Å². The highest BCUT2D eigenvalue weighted by molar-refractivity contribution is 7.92. The van der Waals surface area contributed by atoms with E-state index in [0.29, 0.717) is 18.0 Å². The van der Waals surface area contributed by atoms with Gasteiger partial charge in [0.25, 0.3) is 10.0 Å². The zero-order valence-corrected chi connectivity index (χ0v) is 24.9. The third kappa shape index (κ3) is 7.45. The zero-order chi connectivity index (χ0) is 28.7. The number of anilines is 1. The summed E-state index contributed by atoms with van der Waals surface area (Å²) in [5.74, 6) is -0.925. The van der Waals surface area contributed by atoms with Gasteiger partial charge in [-0.15, -0.1) is 0 Å². The van der Waals surface area contributed by atoms with E-state index in [-0.39, 0.29) is 33.1 Å². The molecule has 3 rings (SSSR count). The summed E-state index contributed by atoms with van der Waals surface area (Å²) < 4.78 is 28.7. The summed E-state index contributed by atoms with van der Waals surface area (Å²) in [5.41, 5.74) is 1.65. The van der Waals surface area contributed by atoms with Crippen molar-refractivity contribution >= 4 is 62.3 Å². The third-order valence-corrected chi connectivity index (χ3v) is 8.93. The molecule has 0 aliphatic carbocycles. The monoisotopic (exact) mass is 609 g/mol. The molecule has 0 aliphatic heterocycles. The lowest BCUT2D eigenvalue weighted by Gasteiger charge is -2.33. The maximum Gasteiger partial charge on any atom is 0.264 e. The predicted molar refractivity (Wildman–Crippen MR) is 157 cm³/mol. The maximum atomic E-state index is 14.0. The Morgan fingerprint density at radius 3 is 2.15 bits per heavy atom. The number of aryl methyl sites for hydroxylation is 1. The van der Waals surface area contributed by atoms with Crippen LogP contribution in [0.5, 0.6) is 0 Å². The van der Waals surface area contributed by atoms with Gasteiger partial charge in [-0.1, -0.05) is 77.6 Å². The topological polar surface area (TPSA) is 86.8 Å². The number of hydrogen-bond donors (Lipinski definition) is 1. The van der Waals surface area contributed by atoms with E-state index in [1.807, 2.05) is 6.92 Å². The van der Waals surface area contributed by atoms with Crippen LogP contribution in [-0.4, -0.2) is 44.3 Å². The van der Waals surface area contributed by atoms with Gasteiger partial charge in [-0.3, -0.25) is 13.9 Å². The van der Waals surface area contributed by atoms with Crippen LogP contribution in [0.15, 0.2) is 71.6 Å². The average Bonchev–Trinajstić information content (AvgIpc) is 2.90. The van der Waals surface area contributed by atoms with Gasteiger partial charge < -0.3 is 10.2 Å². The molecule has 0 bridgehead atoms. The zero-order valence-electron chi connectivity index (χ0n) is 21.8. The summed E-state index contributed by atoms with van der Waals surface area (Å²) in [4.78, 5) is 28.3. The fourth-order valence-corrected chi connectivity index (χ4v) is 6.03. The number of benzene rings is 3. The van der Waals surface area contributed by atoms with Crippen molar-refractivity contribution in [3.63, 3.8) is 0 Å². The minimum Gasteiger partial charge on any atom is -0.355 e. The molecule has 0 aromatic heterocycles. The molecule has 11 heteroatoms. The molecule has 3 aromatic carbocycles. The first-order valence-electron chi connectivity index (χ1n) is 12.3. The molecular formula is C28H30Cl3N3O4S. The van der Waals surface area contributed by atoms with E-state index in [1.54, 1.807) is 56.3 Å². The van der Waals surface area contributed by atoms with E-state index >= 15 is 0 Å². The maximum absolute atomic E-state index is 14.0. The van der Waals surface area contributed by atoms with Crippen LogP contribution in [0.2, 0.25) is 15.1 Å². The van der Waals surface area contributed by atoms with Crippen molar-refractivity contribution in [2.45, 2.75) is 44.7 Å². The van der Waals surface area contributed by atoms with Gasteiger partial charge in [0.2, 0.25) is 11.8 Å². The first-order chi connectivity index (χ1) is 18.5. The van der Waals surface area contributed by atoms with Gasteiger partial charge in [0.15, 0.2) is 0 Å². The van der Waals surface area contributed by atoms with Gasteiger partial charge >= 0.3 is 0 Å². The van der Waals surface area contributed by atoms with Gasteiger partial charge in [-0.2, -0.15) is 0 Å². The number of hydrogen-bond acceptors (Lipinski definition) is 4. The molecule has 2 amide bonds. The molecule has 0 saturated heterocycles. The molecule has 0 aliphatic rings. The molecule has 3 aromatic rings. The molecule has 0 spiro atoms. The molecule has 1 atom stereocenters. The van der Waals surface area contributed by atoms with Gasteiger partial charge in [-0.05, 0) is 62.2 Å². The molecule has 39 heavy (non-hydrogen) atoms. The Kier molecular flexibility index (Phi) is 10.7. The molecule has 0 radical (unpaired) electrons. The van der Waals surface area contributed by atoms with Gasteiger partial charge in [0, 0.05) is 18.1 Å². The van der Waals surface area contributed by atoms with Gasteiger partial charge in [-0.25, -0.2) is 8.42 Å². The molecule has 0 fully saturated rings. The summed E-state index contributed by atoms with van der Waals surface area (Å²) in [5, 5.41) is 3.42. The highest BCUT2D eigenvalue weighted by Gasteiger charge is 2.34. The summed E-state index contributed by atoms with van der Waals surface area (Å²) in [7, 11) is -4.26. The normalized spacial score (nSPS) is 12.1. The van der Waals surface area contributed by atoms with Crippen molar-refractivity contribution in [2.24, 2.45) is 0 Å². The van der Waals surface area contributed by atoms with E-state index in [0.717, 1.165) is 15.4 Å². The minimum absolute atomic E-state index is 0.0114. The first kappa shape index (κ1) is 30.8. The highest BCUT2D eigenvalue weighted by Crippen LogP contribution is 2.35. The number of rotatable bonds is 11. The van der Waals surface area contributed by atoms with Crippen molar-refractivity contribution in [3.05, 3.63) is 92.9 Å². The van der Waals surface area contributed by atoms with Crippen molar-refractivity contribution in [1.82, 2.24) is 10.2 Å². The van der Waals surface area contributed by atoms with Crippen molar-refractivity contribution < 1.29 is 18.0 Å². The largest absolute Gasteiger partial charge is 0.355 e. The summed E-state index contributed by atoms with van der Waals surface area (Å²) in [6, 6.07) is 16.9. The van der Waals surface area contributed by atoms with Crippen LogP contribution in [0.25, 0.3) is 0 Å². The minimum atomic E-state index is -4.26. The summed E-state index contributed by atoms with van der Waals surface area (Å²) in [6.07, 6.45) is 0.313. The summed E-state index contributed by atoms with van der Waals surface area (Å²) in [6.45, 7) is 5.24. The molecule has 0 heterocycles. The molecule has 7 nitrogen and oxygen atoms in total. The summed E-state index contributed by atoms with van der Waals surface area (Å²) >= 11 is 18.7. The van der Waals surface area contributed by atoms with Crippen molar-refractivity contribution in [3.8, 4) is 0 Å². The standard InChI is InChI=1S/C28H30Cl3N3O4S/c1-4-24(28(36)32-5-2)33(17-20-11-13-21(29)14-12-20)26(35)18-34(25-8-6-7-23(30)27(25)31)39(37,38)22-15-9-19(3)10-16-22/h6-16,24H,4-5,17-18H2,1-3H3,(H,32,36)/t24-/m0/s1. The van der Waals surface area contributed by atoms with E-state index in [4.69, 9.17) is 34.8 Å². The first-order valence-corrected chi connectivity index (χ1v) is 14.9. The van der Waals surface area contributed by atoms with Gasteiger partial charge in [0.1, 0.15) is 12.6 Å². The molecule has 0 unspecified atom stereocenters. The average molecular weight is 611 g/mol. The Morgan fingerprint density at radius 1 is 0.923 bits per heavy atom. The number of halogens is 3. The van der Waals surface area contributed by atoms with Crippen LogP contribution < -0.4 is 9.62 Å². The van der Waals surface area contributed by atoms with E-state index in [2.05, 4.69) is 5.32 Å².